The molecule has 5 heteroatoms. The summed E-state index contributed by atoms with van der Waals surface area (Å²) in [6.45, 7) is 1.48. The van der Waals surface area contributed by atoms with Crippen LogP contribution in [0.5, 0.6) is 0 Å². The molecule has 0 aliphatic carbocycles. The lowest BCUT2D eigenvalue weighted by Crippen LogP contribution is -2.12. The zero-order valence-electron chi connectivity index (χ0n) is 8.41. The fraction of sp³-hybridized carbons (Fsp3) is 0.182. The predicted octanol–water partition coefficient (Wildman–Crippen LogP) is 3.49. The van der Waals surface area contributed by atoms with E-state index in [1.807, 2.05) is 24.4 Å². The van der Waals surface area contributed by atoms with Gasteiger partial charge in [0.05, 0.1) is 11.0 Å². The topological polar surface area (TPSA) is 38.1 Å². The predicted molar refractivity (Wildman–Crippen MR) is 68.9 cm³/mol. The molecule has 0 aromatic carbocycles. The number of halogens is 2. The number of hydrogen-bond acceptors (Lipinski definition) is 3. The third kappa shape index (κ3) is 3.17. The molecule has 0 unspecified atom stereocenters. The quantitative estimate of drug-likeness (QED) is 0.921. The Hall–Kier alpha value is -0.650. The van der Waals surface area contributed by atoms with Crippen molar-refractivity contribution in [2.75, 3.05) is 0 Å². The average molecular weight is 346 g/mol. The molecule has 3 nitrogen and oxygen atoms in total. The van der Waals surface area contributed by atoms with Gasteiger partial charge in [-0.1, -0.05) is 6.07 Å². The Morgan fingerprint density at radius 3 is 2.81 bits per heavy atom. The van der Waals surface area contributed by atoms with Crippen molar-refractivity contribution in [2.24, 2.45) is 0 Å². The van der Waals surface area contributed by atoms with Crippen molar-refractivity contribution in [2.45, 2.75) is 13.1 Å². The highest BCUT2D eigenvalue weighted by Crippen LogP contribution is 2.26. The molecule has 0 fully saturated rings. The Balaban J connectivity index is 1.84. The summed E-state index contributed by atoms with van der Waals surface area (Å²) in [4.78, 5) is 4.05. The van der Waals surface area contributed by atoms with Crippen LogP contribution in [0.15, 0.2) is 44.2 Å². The van der Waals surface area contributed by atoms with Crippen LogP contribution in [0.4, 0.5) is 0 Å². The number of aromatic nitrogens is 1. The van der Waals surface area contributed by atoms with Crippen molar-refractivity contribution in [1.82, 2.24) is 10.3 Å². The Morgan fingerprint density at radius 2 is 2.19 bits per heavy atom. The zero-order valence-corrected chi connectivity index (χ0v) is 11.6. The van der Waals surface area contributed by atoms with Crippen LogP contribution in [0, 0.1) is 0 Å². The van der Waals surface area contributed by atoms with Crippen molar-refractivity contribution in [3.8, 4) is 0 Å². The molecule has 0 saturated heterocycles. The Bertz CT molecular complexity index is 437. The molecule has 0 saturated carbocycles. The maximum absolute atomic E-state index is 5.44. The van der Waals surface area contributed by atoms with Gasteiger partial charge in [-0.3, -0.25) is 4.98 Å². The lowest BCUT2D eigenvalue weighted by molar-refractivity contribution is 0.464. The molecule has 0 aliphatic rings. The van der Waals surface area contributed by atoms with E-state index in [-0.39, 0.29) is 0 Å². The summed E-state index contributed by atoms with van der Waals surface area (Å²) in [5.41, 5.74) is 1.16. The van der Waals surface area contributed by atoms with Crippen LogP contribution >= 0.6 is 31.9 Å². The third-order valence-electron chi connectivity index (χ3n) is 2.05. The zero-order chi connectivity index (χ0) is 11.4. The number of nitrogens with one attached hydrogen (secondary N) is 1. The fourth-order valence-corrected chi connectivity index (χ4v) is 1.97. The molecule has 0 spiro atoms. The number of rotatable bonds is 4. The van der Waals surface area contributed by atoms with Crippen LogP contribution in [0.3, 0.4) is 0 Å². The van der Waals surface area contributed by atoms with Crippen LogP contribution < -0.4 is 5.32 Å². The molecule has 0 aliphatic heterocycles. The first kappa shape index (κ1) is 11.8. The minimum Gasteiger partial charge on any atom is -0.452 e. The van der Waals surface area contributed by atoms with Gasteiger partial charge in [0, 0.05) is 18.9 Å². The van der Waals surface area contributed by atoms with E-state index in [1.54, 1.807) is 6.20 Å². The molecule has 16 heavy (non-hydrogen) atoms. The first-order valence-corrected chi connectivity index (χ1v) is 6.37. The summed E-state index contributed by atoms with van der Waals surface area (Å²) in [6, 6.07) is 5.91. The lowest BCUT2D eigenvalue weighted by atomic mass is 10.3. The minimum atomic E-state index is 0.694. The monoisotopic (exact) mass is 344 g/mol. The van der Waals surface area contributed by atoms with Crippen LogP contribution in [0.1, 0.15) is 11.3 Å². The molecule has 84 valence electrons. The molecule has 0 atom stereocenters. The summed E-state index contributed by atoms with van der Waals surface area (Å²) in [6.07, 6.45) is 3.62. The summed E-state index contributed by atoms with van der Waals surface area (Å²) in [5, 5.41) is 3.28. The second-order valence-electron chi connectivity index (χ2n) is 3.30. The van der Waals surface area contributed by atoms with Crippen molar-refractivity contribution in [3.05, 3.63) is 51.1 Å². The summed E-state index contributed by atoms with van der Waals surface area (Å²) in [5.74, 6) is 0.891. The molecule has 2 heterocycles. The van der Waals surface area contributed by atoms with Gasteiger partial charge in [-0.25, -0.2) is 0 Å². The van der Waals surface area contributed by atoms with Gasteiger partial charge in [0.1, 0.15) is 5.76 Å². The van der Waals surface area contributed by atoms with Gasteiger partial charge >= 0.3 is 0 Å². The molecule has 2 rings (SSSR count). The Labute approximate surface area is 111 Å². The maximum atomic E-state index is 5.44. The van der Waals surface area contributed by atoms with E-state index in [0.717, 1.165) is 27.0 Å². The molecule has 0 radical (unpaired) electrons. The summed E-state index contributed by atoms with van der Waals surface area (Å²) >= 11 is 6.68. The van der Waals surface area contributed by atoms with E-state index in [1.165, 1.54) is 0 Å². The van der Waals surface area contributed by atoms with Crippen LogP contribution in [-0.4, -0.2) is 4.98 Å². The highest BCUT2D eigenvalue weighted by atomic mass is 79.9. The Kier molecular flexibility index (Phi) is 4.15. The van der Waals surface area contributed by atoms with Crippen LogP contribution in [0.2, 0.25) is 0 Å². The number of hydrogen-bond donors (Lipinski definition) is 1. The van der Waals surface area contributed by atoms with Gasteiger partial charge in [0.15, 0.2) is 4.67 Å². The smallest absolute Gasteiger partial charge is 0.183 e. The van der Waals surface area contributed by atoms with E-state index >= 15 is 0 Å². The van der Waals surface area contributed by atoms with Gasteiger partial charge < -0.3 is 9.73 Å². The van der Waals surface area contributed by atoms with E-state index in [4.69, 9.17) is 4.42 Å². The van der Waals surface area contributed by atoms with E-state index < -0.39 is 0 Å². The second kappa shape index (κ2) is 5.61. The van der Waals surface area contributed by atoms with Crippen molar-refractivity contribution >= 4 is 31.9 Å². The molecule has 2 aromatic rings. The van der Waals surface area contributed by atoms with Crippen LogP contribution in [0.25, 0.3) is 0 Å². The van der Waals surface area contributed by atoms with E-state index in [2.05, 4.69) is 42.2 Å². The van der Waals surface area contributed by atoms with E-state index in [0.29, 0.717) is 6.54 Å². The third-order valence-corrected chi connectivity index (χ3v) is 3.76. The molecule has 0 amide bonds. The molecule has 1 N–H and O–H groups in total. The van der Waals surface area contributed by atoms with Gasteiger partial charge in [-0.2, -0.15) is 0 Å². The van der Waals surface area contributed by atoms with Crippen molar-refractivity contribution in [3.63, 3.8) is 0 Å². The van der Waals surface area contributed by atoms with Gasteiger partial charge in [0.2, 0.25) is 0 Å². The largest absolute Gasteiger partial charge is 0.452 e. The summed E-state index contributed by atoms with van der Waals surface area (Å²) < 4.78 is 7.11. The van der Waals surface area contributed by atoms with Crippen LogP contribution in [-0.2, 0) is 13.1 Å². The standard InChI is InChI=1S/C11H10Br2N2O/c12-10-4-9(16-11(10)13)7-15-6-8-2-1-3-14-5-8/h1-5,15H,6-7H2. The number of furan rings is 1. The molecular formula is C11H10Br2N2O. The second-order valence-corrected chi connectivity index (χ2v) is 4.87. The SMILES string of the molecule is Brc1cc(CNCc2cccnc2)oc1Br. The first-order valence-electron chi connectivity index (χ1n) is 4.79. The van der Waals surface area contributed by atoms with Gasteiger partial charge in [-0.15, -0.1) is 0 Å². The van der Waals surface area contributed by atoms with Gasteiger partial charge in [-0.05, 0) is 49.6 Å². The highest BCUT2D eigenvalue weighted by molar-refractivity contribution is 9.13. The van der Waals surface area contributed by atoms with Crippen molar-refractivity contribution < 1.29 is 4.42 Å². The fourth-order valence-electron chi connectivity index (χ4n) is 1.31. The van der Waals surface area contributed by atoms with E-state index in [9.17, 15) is 0 Å². The first-order chi connectivity index (χ1) is 7.75. The minimum absolute atomic E-state index is 0.694. The highest BCUT2D eigenvalue weighted by Gasteiger charge is 2.05. The number of pyridine rings is 1. The summed E-state index contributed by atoms with van der Waals surface area (Å²) in [7, 11) is 0. The maximum Gasteiger partial charge on any atom is 0.183 e. The normalized spacial score (nSPS) is 10.6. The van der Waals surface area contributed by atoms with Gasteiger partial charge in [0.25, 0.3) is 0 Å². The average Bonchev–Trinajstić information content (AvgIpc) is 2.60. The Morgan fingerprint density at radius 1 is 1.31 bits per heavy atom. The molecule has 2 aromatic heterocycles. The van der Waals surface area contributed by atoms with Crippen molar-refractivity contribution in [1.29, 1.82) is 0 Å². The lowest BCUT2D eigenvalue weighted by Gasteiger charge is -2.01. The molecular weight excluding hydrogens is 336 g/mol. The number of nitrogens with zero attached hydrogens (tertiary/aromatic N) is 1. The molecule has 0 bridgehead atoms.